The Kier molecular flexibility index (Phi) is 2.36. The van der Waals surface area contributed by atoms with Crippen LogP contribution >= 0.6 is 0 Å². The van der Waals surface area contributed by atoms with E-state index in [1.165, 1.54) is 18.4 Å². The van der Waals surface area contributed by atoms with E-state index < -0.39 is 0 Å². The molecule has 0 spiro atoms. The van der Waals surface area contributed by atoms with Crippen molar-refractivity contribution in [2.75, 3.05) is 7.05 Å². The van der Waals surface area contributed by atoms with Crippen LogP contribution in [-0.2, 0) is 10.3 Å². The van der Waals surface area contributed by atoms with E-state index in [0.29, 0.717) is 12.2 Å². The van der Waals surface area contributed by atoms with E-state index >= 15 is 0 Å². The fraction of sp³-hybridized carbons (Fsp3) is 0.600. The normalized spacial score (nSPS) is 38.5. The average molecular weight is 231 g/mol. The van der Waals surface area contributed by atoms with Crippen molar-refractivity contribution >= 4 is 0 Å². The zero-order valence-corrected chi connectivity index (χ0v) is 10.9. The maximum absolute atomic E-state index is 6.19. The Hall–Kier alpha value is -0.860. The smallest absolute Gasteiger partial charge is 0.0809 e. The number of benzene rings is 1. The molecule has 17 heavy (non-hydrogen) atoms. The molecule has 92 valence electrons. The van der Waals surface area contributed by atoms with Crippen LogP contribution < -0.4 is 5.32 Å². The highest BCUT2D eigenvalue weighted by molar-refractivity contribution is 5.33. The number of hydrogen-bond acceptors (Lipinski definition) is 2. The number of likely N-dealkylation sites (N-methyl/N-ethyl adjacent to an activating group) is 1. The molecule has 3 rings (SSSR count). The maximum atomic E-state index is 6.19. The molecule has 1 aromatic carbocycles. The SMILES string of the molecule is CN[C@]1(c2ccccc2)[C@H]2CC[C@H](O2)C1(C)C. The van der Waals surface area contributed by atoms with Gasteiger partial charge in [-0.1, -0.05) is 44.2 Å². The van der Waals surface area contributed by atoms with E-state index in [2.05, 4.69) is 56.5 Å². The van der Waals surface area contributed by atoms with Gasteiger partial charge in [-0.15, -0.1) is 0 Å². The average Bonchev–Trinajstić information content (AvgIpc) is 2.88. The molecule has 1 aromatic rings. The minimum atomic E-state index is -0.0306. The second-order valence-electron chi connectivity index (χ2n) is 5.84. The van der Waals surface area contributed by atoms with Crippen molar-refractivity contribution in [3.63, 3.8) is 0 Å². The second kappa shape index (κ2) is 3.56. The number of nitrogens with one attached hydrogen (secondary N) is 1. The summed E-state index contributed by atoms with van der Waals surface area (Å²) in [5.41, 5.74) is 1.48. The fourth-order valence-corrected chi connectivity index (χ4v) is 4.04. The third-order valence-corrected chi connectivity index (χ3v) is 4.95. The van der Waals surface area contributed by atoms with Crippen molar-refractivity contribution in [2.24, 2.45) is 5.41 Å². The van der Waals surface area contributed by atoms with E-state index in [-0.39, 0.29) is 11.0 Å². The molecular formula is C15H21NO. The summed E-state index contributed by atoms with van der Waals surface area (Å²) in [6.45, 7) is 4.67. The molecule has 2 fully saturated rings. The zero-order chi connectivity index (χ0) is 12.1. The molecule has 0 saturated carbocycles. The van der Waals surface area contributed by atoms with E-state index in [1.54, 1.807) is 0 Å². The van der Waals surface area contributed by atoms with Crippen molar-refractivity contribution in [3.8, 4) is 0 Å². The van der Waals surface area contributed by atoms with Crippen molar-refractivity contribution in [3.05, 3.63) is 35.9 Å². The highest BCUT2D eigenvalue weighted by atomic mass is 16.5. The molecule has 2 aliphatic rings. The Morgan fingerprint density at radius 1 is 1.12 bits per heavy atom. The third kappa shape index (κ3) is 1.23. The molecule has 2 nitrogen and oxygen atoms in total. The van der Waals surface area contributed by atoms with Gasteiger partial charge in [0, 0.05) is 5.41 Å². The van der Waals surface area contributed by atoms with Gasteiger partial charge in [0.1, 0.15) is 0 Å². The van der Waals surface area contributed by atoms with Crippen molar-refractivity contribution < 1.29 is 4.74 Å². The summed E-state index contributed by atoms with van der Waals surface area (Å²) in [4.78, 5) is 0. The highest BCUT2D eigenvalue weighted by Gasteiger charge is 2.64. The molecule has 2 bridgehead atoms. The maximum Gasteiger partial charge on any atom is 0.0809 e. The van der Waals surface area contributed by atoms with E-state index in [4.69, 9.17) is 4.74 Å². The summed E-state index contributed by atoms with van der Waals surface area (Å²) in [6.07, 6.45) is 3.08. The Morgan fingerprint density at radius 3 is 2.29 bits per heavy atom. The first-order valence-electron chi connectivity index (χ1n) is 6.53. The van der Waals surface area contributed by atoms with Gasteiger partial charge < -0.3 is 10.1 Å². The topological polar surface area (TPSA) is 21.3 Å². The summed E-state index contributed by atoms with van der Waals surface area (Å²) in [5.74, 6) is 0. The minimum Gasteiger partial charge on any atom is -0.372 e. The number of ether oxygens (including phenoxy) is 1. The number of hydrogen-bond donors (Lipinski definition) is 1. The molecule has 2 heterocycles. The monoisotopic (exact) mass is 231 g/mol. The van der Waals surface area contributed by atoms with E-state index in [1.807, 2.05) is 0 Å². The van der Waals surface area contributed by atoms with Gasteiger partial charge in [-0.25, -0.2) is 0 Å². The van der Waals surface area contributed by atoms with Crippen LogP contribution in [0.4, 0.5) is 0 Å². The second-order valence-corrected chi connectivity index (χ2v) is 5.84. The summed E-state index contributed by atoms with van der Waals surface area (Å²) < 4.78 is 6.19. The van der Waals surface area contributed by atoms with E-state index in [9.17, 15) is 0 Å². The minimum absolute atomic E-state index is 0.0306. The quantitative estimate of drug-likeness (QED) is 0.845. The van der Waals surface area contributed by atoms with E-state index in [0.717, 1.165) is 0 Å². The van der Waals surface area contributed by atoms with Crippen molar-refractivity contribution in [1.82, 2.24) is 5.32 Å². The molecule has 0 amide bonds. The highest BCUT2D eigenvalue weighted by Crippen LogP contribution is 2.58. The zero-order valence-electron chi connectivity index (χ0n) is 10.9. The molecule has 0 aliphatic carbocycles. The van der Waals surface area contributed by atoms with Crippen LogP contribution in [0.15, 0.2) is 30.3 Å². The summed E-state index contributed by atoms with van der Waals surface area (Å²) in [6, 6.07) is 10.8. The van der Waals surface area contributed by atoms with Crippen LogP contribution in [-0.4, -0.2) is 19.3 Å². The fourth-order valence-electron chi connectivity index (χ4n) is 4.04. The predicted octanol–water partition coefficient (Wildman–Crippen LogP) is 2.69. The van der Waals surface area contributed by atoms with Gasteiger partial charge in [-0.05, 0) is 25.5 Å². The number of rotatable bonds is 2. The van der Waals surface area contributed by atoms with Gasteiger partial charge in [0.2, 0.25) is 0 Å². The first kappa shape index (κ1) is 11.2. The van der Waals surface area contributed by atoms with Gasteiger partial charge in [0.05, 0.1) is 17.7 Å². The summed E-state index contributed by atoms with van der Waals surface area (Å²) in [5, 5.41) is 3.59. The third-order valence-electron chi connectivity index (χ3n) is 4.95. The van der Waals surface area contributed by atoms with Crippen LogP contribution in [0, 0.1) is 5.41 Å². The first-order valence-corrected chi connectivity index (χ1v) is 6.53. The van der Waals surface area contributed by atoms with Gasteiger partial charge >= 0.3 is 0 Å². The van der Waals surface area contributed by atoms with Crippen LogP contribution in [0.5, 0.6) is 0 Å². The molecule has 0 aromatic heterocycles. The van der Waals surface area contributed by atoms with Gasteiger partial charge in [-0.3, -0.25) is 0 Å². The molecule has 3 atom stereocenters. The molecular weight excluding hydrogens is 210 g/mol. The van der Waals surface area contributed by atoms with Crippen LogP contribution in [0.1, 0.15) is 32.3 Å². The summed E-state index contributed by atoms with van der Waals surface area (Å²) in [7, 11) is 2.07. The molecule has 2 aliphatic heterocycles. The standard InChI is InChI=1S/C15H21NO/c1-14(2)12-9-10-13(17-12)15(14,16-3)11-7-5-4-6-8-11/h4-8,12-13,16H,9-10H2,1-3H3/t12-,13+,15+/m0/s1. The molecule has 0 unspecified atom stereocenters. The van der Waals surface area contributed by atoms with Crippen LogP contribution in [0.25, 0.3) is 0 Å². The lowest BCUT2D eigenvalue weighted by atomic mass is 9.60. The first-order chi connectivity index (χ1) is 8.13. The lowest BCUT2D eigenvalue weighted by Crippen LogP contribution is -2.58. The van der Waals surface area contributed by atoms with Crippen molar-refractivity contribution in [1.29, 1.82) is 0 Å². The molecule has 2 saturated heterocycles. The van der Waals surface area contributed by atoms with Crippen LogP contribution in [0.2, 0.25) is 0 Å². The Morgan fingerprint density at radius 2 is 1.76 bits per heavy atom. The largest absolute Gasteiger partial charge is 0.372 e. The Balaban J connectivity index is 2.14. The Bertz CT molecular complexity index is 414. The number of fused-ring (bicyclic) bond motifs is 2. The van der Waals surface area contributed by atoms with Gasteiger partial charge in [0.15, 0.2) is 0 Å². The lowest BCUT2D eigenvalue weighted by molar-refractivity contribution is 0.0732. The molecule has 1 N–H and O–H groups in total. The molecule has 2 heteroatoms. The molecule has 0 radical (unpaired) electrons. The lowest BCUT2D eigenvalue weighted by Gasteiger charge is -2.47. The van der Waals surface area contributed by atoms with Crippen molar-refractivity contribution in [2.45, 2.75) is 44.4 Å². The summed E-state index contributed by atoms with van der Waals surface area (Å²) >= 11 is 0. The predicted molar refractivity (Wildman–Crippen MR) is 68.9 cm³/mol. The van der Waals surface area contributed by atoms with Gasteiger partial charge in [-0.2, -0.15) is 0 Å². The van der Waals surface area contributed by atoms with Crippen LogP contribution in [0.3, 0.4) is 0 Å². The van der Waals surface area contributed by atoms with Gasteiger partial charge in [0.25, 0.3) is 0 Å². The Labute approximate surface area is 103 Å².